The number of carbonyl (C=O) groups excluding carboxylic acids is 2. The van der Waals surface area contributed by atoms with E-state index in [1.165, 1.54) is 57.8 Å². The maximum Gasteiger partial charge on any atom is 1.00 e. The summed E-state index contributed by atoms with van der Waals surface area (Å²) in [6.45, 7) is 4.36. The molecule has 0 rings (SSSR count). The fourth-order valence-electron chi connectivity index (χ4n) is 5.37. The predicted octanol–water partition coefficient (Wildman–Crippen LogP) is -0.251. The molecule has 2 unspecified atom stereocenters. The van der Waals surface area contributed by atoms with Gasteiger partial charge >= 0.3 is 59.1 Å². The average molecular weight is 593 g/mol. The first-order valence-corrected chi connectivity index (χ1v) is 16.5. The van der Waals surface area contributed by atoms with Crippen molar-refractivity contribution >= 4 is 22.1 Å². The molecule has 7 nitrogen and oxygen atoms in total. The summed E-state index contributed by atoms with van der Waals surface area (Å²) in [7, 11) is -5.10. The summed E-state index contributed by atoms with van der Waals surface area (Å²) in [4.78, 5) is 23.6. The smallest absolute Gasteiger partial charge is 0.550 e. The van der Waals surface area contributed by atoms with Crippen LogP contribution in [0, 0.1) is 5.92 Å². The van der Waals surface area contributed by atoms with Crippen LogP contribution in [0.2, 0.25) is 0 Å². The van der Waals surface area contributed by atoms with Gasteiger partial charge in [-0.05, 0) is 25.2 Å². The number of hydrogen-bond acceptors (Lipinski definition) is 6. The Hall–Kier alpha value is 0.850. The van der Waals surface area contributed by atoms with Crippen LogP contribution in [0.4, 0.5) is 0 Å². The molecule has 2 atom stereocenters. The molecule has 0 saturated heterocycles. The maximum absolute atomic E-state index is 12.4. The Morgan fingerprint density at radius 1 is 0.641 bits per heavy atom. The second-order valence-corrected chi connectivity index (χ2v) is 12.5. The molecule has 0 saturated carbocycles. The summed E-state index contributed by atoms with van der Waals surface area (Å²) in [5, 5.41) is 23.6. The Labute approximate surface area is 283 Å². The molecule has 0 aromatic carbocycles. The second kappa shape index (κ2) is 27.7. The molecule has 1 N–H and O–H groups in total. The molecule has 0 heterocycles. The monoisotopic (exact) mass is 592 g/mol. The van der Waals surface area contributed by atoms with E-state index >= 15 is 0 Å². The van der Waals surface area contributed by atoms with Gasteiger partial charge < -0.3 is 19.8 Å². The molecule has 220 valence electrons. The number of carbonyl (C=O) groups is 2. The SMILES string of the molecule is CCCCCCCCCCCCC(CC(=O)[O-])C(CCCCCCCCCCCC)(C(=O)[O-])S(=O)(=O)O.[Na+].[Na+]. The molecule has 0 radical (unpaired) electrons. The molecule has 0 spiro atoms. The molecule has 0 aliphatic carbocycles. The van der Waals surface area contributed by atoms with Crippen LogP contribution in [0.25, 0.3) is 0 Å². The van der Waals surface area contributed by atoms with Crippen molar-refractivity contribution in [3.05, 3.63) is 0 Å². The van der Waals surface area contributed by atoms with Crippen molar-refractivity contribution in [2.75, 3.05) is 0 Å². The molecule has 10 heteroatoms. The van der Waals surface area contributed by atoms with Gasteiger partial charge in [-0.25, -0.2) is 0 Å². The molecule has 39 heavy (non-hydrogen) atoms. The average Bonchev–Trinajstić information content (AvgIpc) is 2.82. The third-order valence-corrected chi connectivity index (χ3v) is 9.31. The van der Waals surface area contributed by atoms with Gasteiger partial charge in [-0.2, -0.15) is 8.42 Å². The minimum absolute atomic E-state index is 0. The van der Waals surface area contributed by atoms with E-state index in [0.717, 1.165) is 51.4 Å². The van der Waals surface area contributed by atoms with Gasteiger partial charge in [0.15, 0.2) is 0 Å². The van der Waals surface area contributed by atoms with Crippen LogP contribution in [0.3, 0.4) is 0 Å². The molecule has 0 amide bonds. The Morgan fingerprint density at radius 3 is 1.28 bits per heavy atom. The Balaban J connectivity index is -0.00000648. The molecule has 0 bridgehead atoms. The van der Waals surface area contributed by atoms with E-state index in [0.29, 0.717) is 12.8 Å². The first-order chi connectivity index (χ1) is 17.6. The summed E-state index contributed by atoms with van der Waals surface area (Å²) >= 11 is 0. The van der Waals surface area contributed by atoms with E-state index in [9.17, 15) is 32.8 Å². The number of rotatable bonds is 27. The van der Waals surface area contributed by atoms with Gasteiger partial charge in [0.05, 0.1) is 5.97 Å². The molecular weight excluding hydrogens is 538 g/mol. The quantitative estimate of drug-likeness (QED) is 0.0790. The minimum Gasteiger partial charge on any atom is -0.550 e. The number of aliphatic carboxylic acids is 2. The molecule has 0 fully saturated rings. The van der Waals surface area contributed by atoms with Gasteiger partial charge in [-0.15, -0.1) is 0 Å². The summed E-state index contributed by atoms with van der Waals surface area (Å²) in [5.74, 6) is -4.72. The van der Waals surface area contributed by atoms with Crippen molar-refractivity contribution < 1.29 is 91.9 Å². The summed E-state index contributed by atoms with van der Waals surface area (Å²) in [5.41, 5.74) is 0. The molecule has 0 aromatic rings. The first-order valence-electron chi connectivity index (χ1n) is 15.0. The predicted molar refractivity (Wildman–Crippen MR) is 145 cm³/mol. The Morgan fingerprint density at radius 2 is 0.974 bits per heavy atom. The number of hydrogen-bond donors (Lipinski definition) is 1. The van der Waals surface area contributed by atoms with Crippen molar-refractivity contribution in [1.29, 1.82) is 0 Å². The minimum atomic E-state index is -5.10. The van der Waals surface area contributed by atoms with E-state index in [1.807, 2.05) is 0 Å². The van der Waals surface area contributed by atoms with Gasteiger partial charge in [-0.3, -0.25) is 4.55 Å². The van der Waals surface area contributed by atoms with Crippen LogP contribution in [0.5, 0.6) is 0 Å². The van der Waals surface area contributed by atoms with E-state index in [4.69, 9.17) is 0 Å². The van der Waals surface area contributed by atoms with Gasteiger partial charge in [0.2, 0.25) is 0 Å². The van der Waals surface area contributed by atoms with Crippen LogP contribution >= 0.6 is 0 Å². The Kier molecular flexibility index (Phi) is 31.4. The first kappa shape index (κ1) is 44.3. The largest absolute Gasteiger partial charge is 1.00 e. The van der Waals surface area contributed by atoms with E-state index < -0.39 is 39.1 Å². The molecule has 0 aliphatic heterocycles. The van der Waals surface area contributed by atoms with Crippen molar-refractivity contribution in [3.63, 3.8) is 0 Å². The fraction of sp³-hybridized carbons (Fsp3) is 0.931. The number of carboxylic acids is 2. The van der Waals surface area contributed by atoms with Crippen LogP contribution in [-0.2, 0) is 19.7 Å². The van der Waals surface area contributed by atoms with Crippen LogP contribution < -0.4 is 69.3 Å². The summed E-state index contributed by atoms with van der Waals surface area (Å²) in [6.07, 6.45) is 19.3. The topological polar surface area (TPSA) is 135 Å². The standard InChI is InChI=1S/C29H56O7S.2Na/c1-3-5-7-9-11-13-15-17-19-21-23-26(25-27(30)31)29(28(32)33,37(34,35)36)24-22-20-18-16-14-12-10-8-6-4-2;;/h26H,3-25H2,1-2H3,(H,30,31)(H,32,33)(H,34,35,36);;/q;2*+1/p-2. The third-order valence-electron chi connectivity index (χ3n) is 7.69. The third kappa shape index (κ3) is 20.4. The zero-order valence-corrected chi connectivity index (χ0v) is 30.5. The van der Waals surface area contributed by atoms with Crippen LogP contribution in [0.1, 0.15) is 162 Å². The van der Waals surface area contributed by atoms with Gasteiger partial charge in [-0.1, -0.05) is 142 Å². The Bertz CT molecular complexity index is 704. The van der Waals surface area contributed by atoms with Crippen molar-refractivity contribution in [2.24, 2.45) is 5.92 Å². The second-order valence-electron chi connectivity index (χ2n) is 10.8. The summed E-state index contributed by atoms with van der Waals surface area (Å²) < 4.78 is 32.2. The fourth-order valence-corrected chi connectivity index (χ4v) is 6.61. The van der Waals surface area contributed by atoms with Crippen molar-refractivity contribution in [1.82, 2.24) is 0 Å². The molecule has 0 aliphatic rings. The van der Waals surface area contributed by atoms with Crippen molar-refractivity contribution in [2.45, 2.75) is 166 Å². The van der Waals surface area contributed by atoms with Crippen LogP contribution in [-0.4, -0.2) is 29.7 Å². The van der Waals surface area contributed by atoms with Gasteiger partial charge in [0.1, 0.15) is 4.75 Å². The van der Waals surface area contributed by atoms with E-state index in [2.05, 4.69) is 13.8 Å². The molecule has 0 aromatic heterocycles. The van der Waals surface area contributed by atoms with E-state index in [1.54, 1.807) is 0 Å². The van der Waals surface area contributed by atoms with Crippen LogP contribution in [0.15, 0.2) is 0 Å². The van der Waals surface area contributed by atoms with Gasteiger partial charge in [0, 0.05) is 5.97 Å². The summed E-state index contributed by atoms with van der Waals surface area (Å²) in [6, 6.07) is 0. The van der Waals surface area contributed by atoms with E-state index in [-0.39, 0.29) is 78.4 Å². The number of unbranched alkanes of at least 4 members (excludes halogenated alkanes) is 18. The zero-order chi connectivity index (χ0) is 28.0. The normalized spacial score (nSPS) is 13.6. The van der Waals surface area contributed by atoms with Crippen molar-refractivity contribution in [3.8, 4) is 0 Å². The molecular formula is C29H54Na2O7S. The zero-order valence-electron chi connectivity index (χ0n) is 25.6. The maximum atomic E-state index is 12.4. The van der Waals surface area contributed by atoms with Gasteiger partial charge in [0.25, 0.3) is 10.1 Å². The number of carboxylic acid groups (broad SMARTS) is 2.